The Morgan fingerprint density at radius 3 is 2.35 bits per heavy atom. The van der Waals surface area contributed by atoms with Crippen molar-refractivity contribution in [1.82, 2.24) is 0 Å². The van der Waals surface area contributed by atoms with Crippen molar-refractivity contribution in [3.05, 3.63) is 59.2 Å². The molecule has 0 heterocycles. The standard InChI is InChI=1S/C33H48O3Si/c1-21-19-33(35-20-23-13-11-10-12-14-23)28(34)18-27-26(22(2)25-16-15-24(21)30(25)33)17-29(32(27,6)7)36-37(8,9)31(3,4)5/h10-14,24-25,27,29-30H,1,15-20H2,2-9H3/b26-22-/t24-,25-,27+,29+,30+,33+/m0/s1. The predicted molar refractivity (Wildman–Crippen MR) is 154 cm³/mol. The molecule has 202 valence electrons. The van der Waals surface area contributed by atoms with E-state index in [9.17, 15) is 4.79 Å². The van der Waals surface area contributed by atoms with E-state index in [0.717, 1.165) is 24.8 Å². The molecule has 6 atom stereocenters. The Kier molecular flexibility index (Phi) is 6.61. The third kappa shape index (κ3) is 4.26. The first-order valence-electron chi connectivity index (χ1n) is 14.5. The van der Waals surface area contributed by atoms with Crippen LogP contribution in [0, 0.1) is 29.1 Å². The van der Waals surface area contributed by atoms with Gasteiger partial charge >= 0.3 is 0 Å². The van der Waals surface area contributed by atoms with Crippen LogP contribution in [0.15, 0.2) is 53.6 Å². The summed E-state index contributed by atoms with van der Waals surface area (Å²) in [7, 11) is -1.94. The van der Waals surface area contributed by atoms with Gasteiger partial charge in [0.05, 0.1) is 12.7 Å². The van der Waals surface area contributed by atoms with Gasteiger partial charge in [0.25, 0.3) is 0 Å². The molecule has 0 radical (unpaired) electrons. The van der Waals surface area contributed by atoms with Crippen molar-refractivity contribution in [1.29, 1.82) is 0 Å². The molecule has 4 aliphatic rings. The van der Waals surface area contributed by atoms with E-state index < -0.39 is 13.9 Å². The first-order valence-corrected chi connectivity index (χ1v) is 17.4. The second-order valence-corrected chi connectivity index (χ2v) is 19.4. The van der Waals surface area contributed by atoms with Gasteiger partial charge in [0.1, 0.15) is 5.60 Å². The van der Waals surface area contributed by atoms with Crippen LogP contribution in [0.5, 0.6) is 0 Å². The minimum atomic E-state index is -1.94. The maximum Gasteiger partial charge on any atom is 0.192 e. The molecule has 0 saturated heterocycles. The number of hydrogen-bond acceptors (Lipinski definition) is 3. The normalized spacial score (nSPS) is 37.4. The monoisotopic (exact) mass is 520 g/mol. The quantitative estimate of drug-likeness (QED) is 0.289. The van der Waals surface area contributed by atoms with Crippen LogP contribution in [-0.4, -0.2) is 25.8 Å². The van der Waals surface area contributed by atoms with Crippen LogP contribution >= 0.6 is 0 Å². The SMILES string of the molecule is C=C1C[C@@]2(OCc3ccccc3)C(=O)C[C@@H]3/C(=C(/C)[C@@H]4CC[C@@H]1[C@H]42)C[C@@H](O[Si](C)(C)C(C)(C)C)C3(C)C. The third-order valence-corrected chi connectivity index (χ3v) is 15.8. The molecule has 0 N–H and O–H groups in total. The number of allylic oxidation sites excluding steroid dienone is 1. The van der Waals surface area contributed by atoms with Crippen molar-refractivity contribution in [3.63, 3.8) is 0 Å². The van der Waals surface area contributed by atoms with E-state index in [0.29, 0.717) is 37.1 Å². The zero-order valence-corrected chi connectivity index (χ0v) is 25.4. The Morgan fingerprint density at radius 1 is 1.05 bits per heavy atom. The number of fused-ring (bicyclic) bond motifs is 1. The lowest BCUT2D eigenvalue weighted by Gasteiger charge is -2.44. The van der Waals surface area contributed by atoms with Crippen LogP contribution in [0.2, 0.25) is 18.1 Å². The summed E-state index contributed by atoms with van der Waals surface area (Å²) in [6.07, 6.45) is 4.62. The molecular formula is C33H48O3Si. The van der Waals surface area contributed by atoms with Crippen molar-refractivity contribution in [2.24, 2.45) is 29.1 Å². The van der Waals surface area contributed by atoms with Crippen LogP contribution < -0.4 is 0 Å². The highest BCUT2D eigenvalue weighted by molar-refractivity contribution is 6.74. The topological polar surface area (TPSA) is 35.5 Å². The maximum absolute atomic E-state index is 14.5. The van der Waals surface area contributed by atoms with E-state index >= 15 is 0 Å². The van der Waals surface area contributed by atoms with Gasteiger partial charge in [0.2, 0.25) is 0 Å². The van der Waals surface area contributed by atoms with Gasteiger partial charge in [-0.25, -0.2) is 0 Å². The van der Waals surface area contributed by atoms with E-state index in [1.807, 2.05) is 18.2 Å². The summed E-state index contributed by atoms with van der Waals surface area (Å²) in [6.45, 7) is 23.7. The molecule has 3 nitrogen and oxygen atoms in total. The van der Waals surface area contributed by atoms with E-state index in [-0.39, 0.29) is 28.4 Å². The molecule has 0 amide bonds. The van der Waals surface area contributed by atoms with Crippen LogP contribution in [0.1, 0.15) is 79.2 Å². The van der Waals surface area contributed by atoms with Crippen LogP contribution in [0.25, 0.3) is 0 Å². The second-order valence-electron chi connectivity index (χ2n) is 14.6. The molecule has 3 saturated carbocycles. The lowest BCUT2D eigenvalue weighted by atomic mass is 9.66. The Labute approximate surface area is 226 Å². The van der Waals surface area contributed by atoms with Crippen molar-refractivity contribution < 1.29 is 14.0 Å². The summed E-state index contributed by atoms with van der Waals surface area (Å²) in [4.78, 5) is 14.5. The summed E-state index contributed by atoms with van der Waals surface area (Å²) in [6, 6.07) is 10.3. The average Bonchev–Trinajstić information content (AvgIpc) is 3.44. The fraction of sp³-hybridized carbons (Fsp3) is 0.667. The lowest BCUT2D eigenvalue weighted by Crippen LogP contribution is -2.51. The minimum Gasteiger partial charge on any atom is -0.413 e. The molecule has 37 heavy (non-hydrogen) atoms. The highest BCUT2D eigenvalue weighted by Crippen LogP contribution is 2.63. The van der Waals surface area contributed by atoms with E-state index in [2.05, 4.69) is 73.3 Å². The molecular weight excluding hydrogens is 472 g/mol. The number of ketones is 1. The molecule has 0 spiro atoms. The highest BCUT2D eigenvalue weighted by Gasteiger charge is 2.64. The Bertz CT molecular complexity index is 1110. The van der Waals surface area contributed by atoms with Crippen molar-refractivity contribution >= 4 is 14.1 Å². The Morgan fingerprint density at radius 2 is 1.70 bits per heavy atom. The number of carbonyl (C=O) groups is 1. The molecule has 0 aliphatic heterocycles. The zero-order valence-electron chi connectivity index (χ0n) is 24.4. The average molecular weight is 521 g/mol. The van der Waals surface area contributed by atoms with Crippen molar-refractivity contribution in [3.8, 4) is 0 Å². The maximum atomic E-state index is 14.5. The van der Waals surface area contributed by atoms with Gasteiger partial charge in [0, 0.05) is 18.8 Å². The van der Waals surface area contributed by atoms with Crippen LogP contribution in [-0.2, 0) is 20.6 Å². The van der Waals surface area contributed by atoms with Gasteiger partial charge in [0.15, 0.2) is 14.1 Å². The molecule has 1 aromatic carbocycles. The molecule has 1 aromatic rings. The number of Topliss-reactive ketones (excluding diaryl/α,β-unsaturated/α-hetero) is 1. The van der Waals surface area contributed by atoms with Gasteiger partial charge in [-0.1, -0.05) is 88.2 Å². The summed E-state index contributed by atoms with van der Waals surface area (Å²) in [5.41, 5.74) is 4.57. The first-order chi connectivity index (χ1) is 17.2. The van der Waals surface area contributed by atoms with Gasteiger partial charge in [-0.3, -0.25) is 4.79 Å². The van der Waals surface area contributed by atoms with Gasteiger partial charge < -0.3 is 9.16 Å². The lowest BCUT2D eigenvalue weighted by molar-refractivity contribution is -0.157. The highest BCUT2D eigenvalue weighted by atomic mass is 28.4. The first kappa shape index (κ1) is 27.1. The molecule has 4 aliphatic carbocycles. The largest absolute Gasteiger partial charge is 0.413 e. The summed E-state index contributed by atoms with van der Waals surface area (Å²) in [5.74, 6) is 1.52. The van der Waals surface area contributed by atoms with E-state index in [4.69, 9.17) is 9.16 Å². The number of rotatable bonds is 5. The number of benzene rings is 1. The fourth-order valence-electron chi connectivity index (χ4n) is 7.90. The van der Waals surface area contributed by atoms with Gasteiger partial charge in [-0.15, -0.1) is 0 Å². The Balaban J connectivity index is 1.53. The molecule has 0 bridgehead atoms. The Hall–Kier alpha value is -1.49. The molecule has 5 rings (SSSR count). The fourth-order valence-corrected chi connectivity index (χ4v) is 9.35. The smallest absolute Gasteiger partial charge is 0.192 e. The summed E-state index contributed by atoms with van der Waals surface area (Å²) in [5, 5.41) is 0.162. The minimum absolute atomic E-state index is 0.0944. The zero-order chi connectivity index (χ0) is 27.0. The van der Waals surface area contributed by atoms with Crippen molar-refractivity contribution in [2.45, 2.75) is 110 Å². The third-order valence-electron chi connectivity index (χ3n) is 11.3. The van der Waals surface area contributed by atoms with Gasteiger partial charge in [-0.2, -0.15) is 0 Å². The van der Waals surface area contributed by atoms with E-state index in [1.54, 1.807) is 0 Å². The van der Waals surface area contributed by atoms with E-state index in [1.165, 1.54) is 16.7 Å². The number of hydrogen-bond donors (Lipinski definition) is 0. The van der Waals surface area contributed by atoms with Crippen molar-refractivity contribution in [2.75, 3.05) is 0 Å². The second kappa shape index (κ2) is 9.03. The molecule has 0 unspecified atom stereocenters. The van der Waals surface area contributed by atoms with Gasteiger partial charge in [-0.05, 0) is 73.1 Å². The molecule has 0 aromatic heterocycles. The predicted octanol–water partition coefficient (Wildman–Crippen LogP) is 8.27. The number of ether oxygens (including phenoxy) is 1. The van der Waals surface area contributed by atoms with Crippen LogP contribution in [0.3, 0.4) is 0 Å². The van der Waals surface area contributed by atoms with Crippen LogP contribution in [0.4, 0.5) is 0 Å². The molecule has 3 fully saturated rings. The summed E-state index contributed by atoms with van der Waals surface area (Å²) < 4.78 is 13.9. The summed E-state index contributed by atoms with van der Waals surface area (Å²) >= 11 is 0. The molecule has 4 heteroatoms. The number of carbonyl (C=O) groups excluding carboxylic acids is 1.